The number of hydrogen-bond donors (Lipinski definition) is 0. The van der Waals surface area contributed by atoms with E-state index < -0.39 is 10.0 Å². The first-order valence-electron chi connectivity index (χ1n) is 10.0. The number of benzene rings is 1. The SMILES string of the molecule is CCN(Cc1ccccn1)C(=O)CN(c1ccc(C)cc1)S(=O)(=O)c1ncccc1C. The van der Waals surface area contributed by atoms with Crippen LogP contribution in [0, 0.1) is 13.8 Å². The van der Waals surface area contributed by atoms with E-state index in [0.29, 0.717) is 24.3 Å². The van der Waals surface area contributed by atoms with Gasteiger partial charge in [-0.25, -0.2) is 4.98 Å². The first-order chi connectivity index (χ1) is 14.8. The van der Waals surface area contributed by atoms with Crippen LogP contribution in [0.4, 0.5) is 5.69 Å². The number of pyridine rings is 2. The third-order valence-corrected chi connectivity index (χ3v) is 6.75. The largest absolute Gasteiger partial charge is 0.336 e. The number of amides is 1. The number of aromatic nitrogens is 2. The van der Waals surface area contributed by atoms with Crippen molar-refractivity contribution in [3.8, 4) is 0 Å². The molecule has 7 nitrogen and oxygen atoms in total. The van der Waals surface area contributed by atoms with Crippen LogP contribution < -0.4 is 4.31 Å². The van der Waals surface area contributed by atoms with E-state index in [9.17, 15) is 13.2 Å². The molecule has 0 fully saturated rings. The van der Waals surface area contributed by atoms with Crippen LogP contribution >= 0.6 is 0 Å². The highest BCUT2D eigenvalue weighted by atomic mass is 32.2. The van der Waals surface area contributed by atoms with Gasteiger partial charge in [-0.15, -0.1) is 0 Å². The Bertz CT molecular complexity index is 1130. The summed E-state index contributed by atoms with van der Waals surface area (Å²) >= 11 is 0. The van der Waals surface area contributed by atoms with Crippen molar-refractivity contribution in [1.29, 1.82) is 0 Å². The van der Waals surface area contributed by atoms with Crippen LogP contribution in [0.1, 0.15) is 23.7 Å². The molecule has 0 N–H and O–H groups in total. The maximum absolute atomic E-state index is 13.5. The Labute approximate surface area is 183 Å². The van der Waals surface area contributed by atoms with E-state index in [1.165, 1.54) is 6.20 Å². The van der Waals surface area contributed by atoms with Gasteiger partial charge in [0.1, 0.15) is 6.54 Å². The van der Waals surface area contributed by atoms with Crippen molar-refractivity contribution in [2.24, 2.45) is 0 Å². The van der Waals surface area contributed by atoms with Gasteiger partial charge >= 0.3 is 0 Å². The molecule has 0 aliphatic rings. The van der Waals surface area contributed by atoms with Crippen LogP contribution in [-0.2, 0) is 21.4 Å². The predicted octanol–water partition coefficient (Wildman–Crippen LogP) is 3.34. The lowest BCUT2D eigenvalue weighted by Crippen LogP contribution is -2.43. The molecular weight excluding hydrogens is 412 g/mol. The van der Waals surface area contributed by atoms with Gasteiger partial charge in [0.15, 0.2) is 5.03 Å². The molecule has 0 saturated heterocycles. The van der Waals surface area contributed by atoms with Gasteiger partial charge in [-0.05, 0) is 56.7 Å². The Balaban J connectivity index is 1.96. The molecule has 0 unspecified atom stereocenters. The zero-order valence-electron chi connectivity index (χ0n) is 17.9. The maximum Gasteiger partial charge on any atom is 0.282 e. The minimum atomic E-state index is -4.05. The zero-order chi connectivity index (χ0) is 22.4. The minimum absolute atomic E-state index is 0.0591. The molecule has 162 valence electrons. The molecule has 8 heteroatoms. The Morgan fingerprint density at radius 2 is 1.65 bits per heavy atom. The number of carbonyl (C=O) groups excluding carboxylic acids is 1. The van der Waals surface area contributed by atoms with E-state index in [2.05, 4.69) is 9.97 Å². The van der Waals surface area contributed by atoms with Gasteiger partial charge in [-0.3, -0.25) is 14.1 Å². The van der Waals surface area contributed by atoms with Crippen LogP contribution in [-0.4, -0.2) is 42.3 Å². The molecule has 1 aromatic carbocycles. The molecule has 3 aromatic rings. The Hall–Kier alpha value is -3.26. The average Bonchev–Trinajstić information content (AvgIpc) is 2.77. The van der Waals surface area contributed by atoms with Gasteiger partial charge in [-0.2, -0.15) is 8.42 Å². The van der Waals surface area contributed by atoms with E-state index in [1.807, 2.05) is 44.2 Å². The molecule has 0 aliphatic carbocycles. The fourth-order valence-corrected chi connectivity index (χ4v) is 4.72. The lowest BCUT2D eigenvalue weighted by atomic mass is 10.2. The van der Waals surface area contributed by atoms with Crippen LogP contribution in [0.5, 0.6) is 0 Å². The summed E-state index contributed by atoms with van der Waals surface area (Å²) in [6, 6.07) is 15.9. The fourth-order valence-electron chi connectivity index (χ4n) is 3.16. The standard InChI is InChI=1S/C23H26N4O3S/c1-4-26(16-20-9-5-6-14-24-20)22(28)17-27(21-12-10-18(2)11-13-21)31(29,30)23-19(3)8-7-15-25-23/h5-15H,4,16-17H2,1-3H3. The second-order valence-electron chi connectivity index (χ2n) is 7.20. The van der Waals surface area contributed by atoms with Crippen LogP contribution in [0.2, 0.25) is 0 Å². The van der Waals surface area contributed by atoms with Gasteiger partial charge in [0.2, 0.25) is 5.91 Å². The highest BCUT2D eigenvalue weighted by Crippen LogP contribution is 2.25. The number of carbonyl (C=O) groups is 1. The topological polar surface area (TPSA) is 83.5 Å². The van der Waals surface area contributed by atoms with Crippen molar-refractivity contribution in [2.45, 2.75) is 32.3 Å². The summed E-state index contributed by atoms with van der Waals surface area (Å²) in [4.78, 5) is 23.1. The number of hydrogen-bond acceptors (Lipinski definition) is 5. The first kappa shape index (κ1) is 22.4. The maximum atomic E-state index is 13.5. The normalized spacial score (nSPS) is 11.2. The number of anilines is 1. The summed E-state index contributed by atoms with van der Waals surface area (Å²) in [7, 11) is -4.05. The lowest BCUT2D eigenvalue weighted by Gasteiger charge is -2.28. The molecule has 0 saturated carbocycles. The highest BCUT2D eigenvalue weighted by molar-refractivity contribution is 7.92. The van der Waals surface area contributed by atoms with E-state index in [-0.39, 0.29) is 17.5 Å². The summed E-state index contributed by atoms with van der Waals surface area (Å²) in [5, 5.41) is -0.0591. The number of likely N-dealkylation sites (N-methyl/N-ethyl adjacent to an activating group) is 1. The van der Waals surface area contributed by atoms with Crippen molar-refractivity contribution in [2.75, 3.05) is 17.4 Å². The summed E-state index contributed by atoms with van der Waals surface area (Å²) in [5.74, 6) is -0.314. The van der Waals surface area contributed by atoms with Gasteiger partial charge < -0.3 is 4.90 Å². The second-order valence-corrected chi connectivity index (χ2v) is 8.98. The molecular formula is C23H26N4O3S. The van der Waals surface area contributed by atoms with E-state index in [0.717, 1.165) is 15.6 Å². The lowest BCUT2D eigenvalue weighted by molar-refractivity contribution is -0.130. The average molecular weight is 439 g/mol. The van der Waals surface area contributed by atoms with Crippen molar-refractivity contribution >= 4 is 21.6 Å². The van der Waals surface area contributed by atoms with E-state index >= 15 is 0 Å². The molecule has 0 radical (unpaired) electrons. The van der Waals surface area contributed by atoms with Gasteiger partial charge in [-0.1, -0.05) is 29.8 Å². The Morgan fingerprint density at radius 1 is 0.935 bits per heavy atom. The second kappa shape index (κ2) is 9.70. The minimum Gasteiger partial charge on any atom is -0.336 e. The molecule has 0 atom stereocenters. The van der Waals surface area contributed by atoms with Crippen molar-refractivity contribution < 1.29 is 13.2 Å². The summed E-state index contributed by atoms with van der Waals surface area (Å²) < 4.78 is 28.2. The van der Waals surface area contributed by atoms with E-state index in [1.54, 1.807) is 42.3 Å². The van der Waals surface area contributed by atoms with Crippen LogP contribution in [0.3, 0.4) is 0 Å². The van der Waals surface area contributed by atoms with Gasteiger partial charge in [0.25, 0.3) is 10.0 Å². The third-order valence-electron chi connectivity index (χ3n) is 4.91. The zero-order valence-corrected chi connectivity index (χ0v) is 18.7. The first-order valence-corrected chi connectivity index (χ1v) is 11.5. The molecule has 2 aromatic heterocycles. The fraction of sp³-hybridized carbons (Fsp3) is 0.261. The monoisotopic (exact) mass is 438 g/mol. The molecule has 0 bridgehead atoms. The molecule has 0 aliphatic heterocycles. The van der Waals surface area contributed by atoms with Gasteiger partial charge in [0, 0.05) is 18.9 Å². The molecule has 2 heterocycles. The molecule has 3 rings (SSSR count). The molecule has 0 spiro atoms. The van der Waals surface area contributed by atoms with Crippen LogP contribution in [0.15, 0.2) is 72.0 Å². The summed E-state index contributed by atoms with van der Waals surface area (Å²) in [6.07, 6.45) is 3.11. The molecule has 1 amide bonds. The number of aryl methyl sites for hydroxylation is 2. The predicted molar refractivity (Wildman–Crippen MR) is 120 cm³/mol. The Kier molecular flexibility index (Phi) is 7.02. The summed E-state index contributed by atoms with van der Waals surface area (Å²) in [6.45, 7) is 5.87. The van der Waals surface area contributed by atoms with Crippen molar-refractivity contribution in [3.63, 3.8) is 0 Å². The third kappa shape index (κ3) is 5.27. The number of rotatable bonds is 8. The highest BCUT2D eigenvalue weighted by Gasteiger charge is 2.31. The van der Waals surface area contributed by atoms with E-state index in [4.69, 9.17) is 0 Å². The number of sulfonamides is 1. The Morgan fingerprint density at radius 3 is 2.26 bits per heavy atom. The van der Waals surface area contributed by atoms with Crippen molar-refractivity contribution in [1.82, 2.24) is 14.9 Å². The van der Waals surface area contributed by atoms with Gasteiger partial charge in [0.05, 0.1) is 17.9 Å². The number of nitrogens with zero attached hydrogens (tertiary/aromatic N) is 4. The van der Waals surface area contributed by atoms with Crippen molar-refractivity contribution in [3.05, 3.63) is 83.8 Å². The smallest absolute Gasteiger partial charge is 0.282 e. The van der Waals surface area contributed by atoms with Crippen LogP contribution in [0.25, 0.3) is 0 Å². The summed E-state index contributed by atoms with van der Waals surface area (Å²) in [5.41, 5.74) is 2.67. The molecule has 31 heavy (non-hydrogen) atoms. The quantitative estimate of drug-likeness (QED) is 0.539.